The van der Waals surface area contributed by atoms with E-state index in [1.165, 1.54) is 0 Å². The third kappa shape index (κ3) is 3.14. The standard InChI is InChI=1S/C12H17ClN2O/c1-3-9(4-2)15-12(16)8-5-6-10(13)11(14)7-8/h5-7,9H,3-4,14H2,1-2H3,(H,15,16). The average molecular weight is 241 g/mol. The molecule has 4 heteroatoms. The van der Waals surface area contributed by atoms with Crippen molar-refractivity contribution in [2.75, 3.05) is 5.73 Å². The Kier molecular flexibility index (Phi) is 4.62. The summed E-state index contributed by atoms with van der Waals surface area (Å²) < 4.78 is 0. The van der Waals surface area contributed by atoms with Gasteiger partial charge in [0.1, 0.15) is 0 Å². The summed E-state index contributed by atoms with van der Waals surface area (Å²) in [6, 6.07) is 5.12. The van der Waals surface area contributed by atoms with E-state index in [-0.39, 0.29) is 11.9 Å². The number of benzene rings is 1. The second-order valence-electron chi connectivity index (χ2n) is 3.72. The van der Waals surface area contributed by atoms with Crippen molar-refractivity contribution >= 4 is 23.2 Å². The van der Waals surface area contributed by atoms with Crippen LogP contribution in [-0.2, 0) is 0 Å². The van der Waals surface area contributed by atoms with Crippen molar-refractivity contribution < 1.29 is 4.79 Å². The molecule has 0 radical (unpaired) electrons. The van der Waals surface area contributed by atoms with Crippen LogP contribution in [-0.4, -0.2) is 11.9 Å². The Morgan fingerprint density at radius 2 is 2.06 bits per heavy atom. The molecule has 0 atom stereocenters. The van der Waals surface area contributed by atoms with Gasteiger partial charge in [0, 0.05) is 11.6 Å². The molecule has 0 heterocycles. The van der Waals surface area contributed by atoms with E-state index in [4.69, 9.17) is 17.3 Å². The third-order valence-corrected chi connectivity index (χ3v) is 2.92. The SMILES string of the molecule is CCC(CC)NC(=O)c1ccc(Cl)c(N)c1. The minimum atomic E-state index is -0.0999. The molecule has 0 aliphatic rings. The van der Waals surface area contributed by atoms with Crippen LogP contribution in [0, 0.1) is 0 Å². The lowest BCUT2D eigenvalue weighted by atomic mass is 10.1. The number of hydrogen-bond donors (Lipinski definition) is 2. The Bertz CT molecular complexity index is 375. The number of rotatable bonds is 4. The number of nitrogens with one attached hydrogen (secondary N) is 1. The molecule has 0 aliphatic carbocycles. The van der Waals surface area contributed by atoms with Crippen molar-refractivity contribution in [2.45, 2.75) is 32.7 Å². The van der Waals surface area contributed by atoms with Gasteiger partial charge in [-0.15, -0.1) is 0 Å². The van der Waals surface area contributed by atoms with E-state index >= 15 is 0 Å². The number of hydrogen-bond acceptors (Lipinski definition) is 2. The molecule has 1 aromatic rings. The highest BCUT2D eigenvalue weighted by molar-refractivity contribution is 6.33. The van der Waals surface area contributed by atoms with Gasteiger partial charge in [0.05, 0.1) is 10.7 Å². The van der Waals surface area contributed by atoms with Crippen molar-refractivity contribution in [3.8, 4) is 0 Å². The van der Waals surface area contributed by atoms with Gasteiger partial charge in [-0.1, -0.05) is 25.4 Å². The van der Waals surface area contributed by atoms with Gasteiger partial charge in [-0.3, -0.25) is 4.79 Å². The van der Waals surface area contributed by atoms with Gasteiger partial charge in [-0.05, 0) is 31.0 Å². The fourth-order valence-electron chi connectivity index (χ4n) is 1.45. The Labute approximate surface area is 101 Å². The first kappa shape index (κ1) is 12.8. The summed E-state index contributed by atoms with van der Waals surface area (Å²) in [6.45, 7) is 4.09. The van der Waals surface area contributed by atoms with Crippen LogP contribution in [0.4, 0.5) is 5.69 Å². The average Bonchev–Trinajstić information content (AvgIpc) is 2.29. The third-order valence-electron chi connectivity index (χ3n) is 2.58. The van der Waals surface area contributed by atoms with Crippen LogP contribution in [0.2, 0.25) is 5.02 Å². The molecule has 0 saturated heterocycles. The summed E-state index contributed by atoms with van der Waals surface area (Å²) >= 11 is 5.79. The van der Waals surface area contributed by atoms with Crippen molar-refractivity contribution in [1.82, 2.24) is 5.32 Å². The van der Waals surface area contributed by atoms with E-state index < -0.39 is 0 Å². The monoisotopic (exact) mass is 240 g/mol. The van der Waals surface area contributed by atoms with Gasteiger partial charge in [-0.25, -0.2) is 0 Å². The summed E-state index contributed by atoms with van der Waals surface area (Å²) in [5.74, 6) is -0.0999. The molecular formula is C12H17ClN2O. The molecule has 3 nitrogen and oxygen atoms in total. The van der Waals surface area contributed by atoms with Crippen molar-refractivity contribution in [1.29, 1.82) is 0 Å². The number of carbonyl (C=O) groups excluding carboxylic acids is 1. The molecule has 1 rings (SSSR count). The molecule has 16 heavy (non-hydrogen) atoms. The van der Waals surface area contributed by atoms with Gasteiger partial charge in [0.2, 0.25) is 0 Å². The van der Waals surface area contributed by atoms with Gasteiger partial charge >= 0.3 is 0 Å². The first-order valence-corrected chi connectivity index (χ1v) is 5.82. The van der Waals surface area contributed by atoms with E-state index in [0.29, 0.717) is 16.3 Å². The maximum atomic E-state index is 11.8. The molecule has 0 aromatic heterocycles. The smallest absolute Gasteiger partial charge is 0.251 e. The Hall–Kier alpha value is -1.22. The first-order valence-electron chi connectivity index (χ1n) is 5.44. The van der Waals surface area contributed by atoms with Crippen LogP contribution in [0.1, 0.15) is 37.0 Å². The number of nitrogen functional groups attached to an aromatic ring is 1. The Morgan fingerprint density at radius 1 is 1.44 bits per heavy atom. The van der Waals surface area contributed by atoms with Gasteiger partial charge < -0.3 is 11.1 Å². The van der Waals surface area contributed by atoms with E-state index in [9.17, 15) is 4.79 Å². The largest absolute Gasteiger partial charge is 0.398 e. The zero-order chi connectivity index (χ0) is 12.1. The predicted molar refractivity (Wildman–Crippen MR) is 67.7 cm³/mol. The highest BCUT2D eigenvalue weighted by Crippen LogP contribution is 2.19. The topological polar surface area (TPSA) is 55.1 Å². The quantitative estimate of drug-likeness (QED) is 0.796. The molecule has 88 valence electrons. The van der Waals surface area contributed by atoms with Crippen LogP contribution in [0.15, 0.2) is 18.2 Å². The lowest BCUT2D eigenvalue weighted by Crippen LogP contribution is -2.33. The second kappa shape index (κ2) is 5.75. The molecule has 1 aromatic carbocycles. The normalized spacial score (nSPS) is 10.5. The molecule has 0 bridgehead atoms. The zero-order valence-corrected chi connectivity index (χ0v) is 10.3. The lowest BCUT2D eigenvalue weighted by Gasteiger charge is -2.14. The van der Waals surface area contributed by atoms with E-state index in [1.54, 1.807) is 18.2 Å². The lowest BCUT2D eigenvalue weighted by molar-refractivity contribution is 0.0935. The summed E-state index contributed by atoms with van der Waals surface area (Å²) in [5.41, 5.74) is 6.62. The fraction of sp³-hybridized carbons (Fsp3) is 0.417. The second-order valence-corrected chi connectivity index (χ2v) is 4.13. The van der Waals surface area contributed by atoms with Crippen molar-refractivity contribution in [2.24, 2.45) is 0 Å². The number of carbonyl (C=O) groups is 1. The molecule has 0 aliphatic heterocycles. The molecular weight excluding hydrogens is 224 g/mol. The molecule has 0 fully saturated rings. The summed E-state index contributed by atoms with van der Waals surface area (Å²) in [4.78, 5) is 11.8. The van der Waals surface area contributed by atoms with Gasteiger partial charge in [0.25, 0.3) is 5.91 Å². The van der Waals surface area contributed by atoms with Crippen molar-refractivity contribution in [3.05, 3.63) is 28.8 Å². The van der Waals surface area contributed by atoms with Crippen LogP contribution in [0.25, 0.3) is 0 Å². The fourth-order valence-corrected chi connectivity index (χ4v) is 1.56. The number of anilines is 1. The summed E-state index contributed by atoms with van der Waals surface area (Å²) in [7, 11) is 0. The maximum absolute atomic E-state index is 11.8. The number of amides is 1. The summed E-state index contributed by atoms with van der Waals surface area (Å²) in [5, 5.41) is 3.41. The maximum Gasteiger partial charge on any atom is 0.251 e. The Balaban J connectivity index is 2.76. The molecule has 0 spiro atoms. The highest BCUT2D eigenvalue weighted by Gasteiger charge is 2.11. The van der Waals surface area contributed by atoms with Crippen molar-refractivity contribution in [3.63, 3.8) is 0 Å². The molecule has 3 N–H and O–H groups in total. The minimum absolute atomic E-state index is 0.0999. The first-order chi connectivity index (χ1) is 7.58. The van der Waals surface area contributed by atoms with Crippen LogP contribution in [0.3, 0.4) is 0 Å². The van der Waals surface area contributed by atoms with E-state index in [2.05, 4.69) is 5.32 Å². The molecule has 0 unspecified atom stereocenters. The van der Waals surface area contributed by atoms with Gasteiger partial charge in [-0.2, -0.15) is 0 Å². The van der Waals surface area contributed by atoms with Crippen LogP contribution < -0.4 is 11.1 Å². The van der Waals surface area contributed by atoms with E-state index in [0.717, 1.165) is 12.8 Å². The molecule has 1 amide bonds. The Morgan fingerprint density at radius 3 is 2.56 bits per heavy atom. The van der Waals surface area contributed by atoms with Crippen LogP contribution in [0.5, 0.6) is 0 Å². The van der Waals surface area contributed by atoms with Crippen LogP contribution >= 0.6 is 11.6 Å². The minimum Gasteiger partial charge on any atom is -0.398 e. The highest BCUT2D eigenvalue weighted by atomic mass is 35.5. The number of nitrogens with two attached hydrogens (primary N) is 1. The summed E-state index contributed by atoms with van der Waals surface area (Å²) in [6.07, 6.45) is 1.84. The number of halogens is 1. The molecule has 0 saturated carbocycles. The van der Waals surface area contributed by atoms with E-state index in [1.807, 2.05) is 13.8 Å². The van der Waals surface area contributed by atoms with Gasteiger partial charge in [0.15, 0.2) is 0 Å². The predicted octanol–water partition coefficient (Wildman–Crippen LogP) is 2.84. The zero-order valence-electron chi connectivity index (χ0n) is 9.59.